The molecule has 1 heterocycles. The maximum Gasteiger partial charge on any atom is 0.0996 e. The van der Waals surface area contributed by atoms with Crippen LogP contribution in [0.1, 0.15) is 34.6 Å². The Morgan fingerprint density at radius 3 is 2.25 bits per heavy atom. The summed E-state index contributed by atoms with van der Waals surface area (Å²) in [6.45, 7) is 10.8. The molecule has 0 atom stereocenters. The molecule has 0 aromatic heterocycles. The third kappa shape index (κ3) is 3.56. The summed E-state index contributed by atoms with van der Waals surface area (Å²) in [5, 5.41) is 0. The van der Waals surface area contributed by atoms with Gasteiger partial charge in [-0.05, 0) is 6.92 Å². The average molecular weight is 170 g/mol. The molecule has 0 unspecified atom stereocenters. The first-order valence-electron chi connectivity index (χ1n) is 4.14. The molecule has 0 N–H and O–H groups in total. The predicted octanol–water partition coefficient (Wildman–Crippen LogP) is 2.92. The van der Waals surface area contributed by atoms with Crippen LogP contribution in [0.15, 0.2) is 17.3 Å². The average Bonchev–Trinajstić information content (AvgIpc) is 2.04. The van der Waals surface area contributed by atoms with Crippen molar-refractivity contribution >= 4 is 5.84 Å². The van der Waals surface area contributed by atoms with Crippen LogP contribution in [-0.4, -0.2) is 24.3 Å². The van der Waals surface area contributed by atoms with Gasteiger partial charge in [-0.15, -0.1) is 0 Å². The first-order chi connectivity index (χ1) is 5.22. The Labute approximate surface area is 77.0 Å². The van der Waals surface area contributed by atoms with Crippen molar-refractivity contribution in [1.29, 1.82) is 0 Å². The molecule has 0 spiro atoms. The highest BCUT2D eigenvalue weighted by Crippen LogP contribution is 2.09. The van der Waals surface area contributed by atoms with Gasteiger partial charge in [0.2, 0.25) is 0 Å². The number of aliphatic imine (C=N–C) groups is 1. The SMILES string of the molecule is C.C=C1CCN=C(C)N1C.CC. The monoisotopic (exact) mass is 170 g/mol. The van der Waals surface area contributed by atoms with E-state index in [0.717, 1.165) is 18.8 Å². The van der Waals surface area contributed by atoms with E-state index in [0.29, 0.717) is 0 Å². The van der Waals surface area contributed by atoms with Gasteiger partial charge >= 0.3 is 0 Å². The van der Waals surface area contributed by atoms with E-state index in [1.807, 2.05) is 32.7 Å². The maximum atomic E-state index is 4.24. The minimum Gasteiger partial charge on any atom is -0.338 e. The number of hydrogen-bond donors (Lipinski definition) is 0. The van der Waals surface area contributed by atoms with Gasteiger partial charge in [0.05, 0.1) is 5.84 Å². The van der Waals surface area contributed by atoms with Gasteiger partial charge in [0.15, 0.2) is 0 Å². The van der Waals surface area contributed by atoms with Crippen molar-refractivity contribution in [2.24, 2.45) is 4.99 Å². The van der Waals surface area contributed by atoms with Crippen molar-refractivity contribution in [3.8, 4) is 0 Å². The Hall–Kier alpha value is -0.790. The molecule has 2 heteroatoms. The zero-order valence-corrected chi connectivity index (χ0v) is 8.02. The van der Waals surface area contributed by atoms with E-state index >= 15 is 0 Å². The van der Waals surface area contributed by atoms with Crippen molar-refractivity contribution in [2.75, 3.05) is 13.6 Å². The molecule has 0 bridgehead atoms. The zero-order chi connectivity index (χ0) is 8.85. The highest BCUT2D eigenvalue weighted by molar-refractivity contribution is 5.81. The highest BCUT2D eigenvalue weighted by Gasteiger charge is 2.08. The molecule has 0 saturated carbocycles. The maximum absolute atomic E-state index is 4.24. The lowest BCUT2D eigenvalue weighted by Gasteiger charge is -2.24. The van der Waals surface area contributed by atoms with E-state index in [4.69, 9.17) is 0 Å². The van der Waals surface area contributed by atoms with Gasteiger partial charge in [-0.3, -0.25) is 4.99 Å². The molecule has 72 valence electrons. The molecular weight excluding hydrogens is 148 g/mol. The number of nitrogens with zero attached hydrogens (tertiary/aromatic N) is 2. The summed E-state index contributed by atoms with van der Waals surface area (Å²) in [4.78, 5) is 6.27. The number of hydrogen-bond acceptors (Lipinski definition) is 2. The lowest BCUT2D eigenvalue weighted by molar-refractivity contribution is 0.561. The van der Waals surface area contributed by atoms with Gasteiger partial charge in [-0.1, -0.05) is 27.9 Å². The molecule has 1 aliphatic heterocycles. The van der Waals surface area contributed by atoms with Crippen molar-refractivity contribution in [3.63, 3.8) is 0 Å². The molecular formula is C10H22N2. The lowest BCUT2D eigenvalue weighted by Crippen LogP contribution is -2.27. The largest absolute Gasteiger partial charge is 0.338 e. The van der Waals surface area contributed by atoms with Crippen LogP contribution >= 0.6 is 0 Å². The van der Waals surface area contributed by atoms with Gasteiger partial charge in [-0.25, -0.2) is 0 Å². The highest BCUT2D eigenvalue weighted by atomic mass is 15.2. The normalized spacial score (nSPS) is 15.5. The summed E-state index contributed by atoms with van der Waals surface area (Å²) in [6, 6.07) is 0. The minimum absolute atomic E-state index is 0. The summed E-state index contributed by atoms with van der Waals surface area (Å²) >= 11 is 0. The molecule has 2 nitrogen and oxygen atoms in total. The van der Waals surface area contributed by atoms with Gasteiger partial charge in [-0.2, -0.15) is 0 Å². The van der Waals surface area contributed by atoms with Crippen LogP contribution in [-0.2, 0) is 0 Å². The molecule has 0 aromatic rings. The smallest absolute Gasteiger partial charge is 0.0996 e. The Bertz CT molecular complexity index is 159. The Balaban J connectivity index is 0. The minimum atomic E-state index is 0. The second kappa shape index (κ2) is 6.89. The van der Waals surface area contributed by atoms with Crippen LogP contribution in [0.25, 0.3) is 0 Å². The topological polar surface area (TPSA) is 15.6 Å². The van der Waals surface area contributed by atoms with E-state index in [1.54, 1.807) is 0 Å². The van der Waals surface area contributed by atoms with E-state index in [9.17, 15) is 0 Å². The fraction of sp³-hybridized carbons (Fsp3) is 0.700. The van der Waals surface area contributed by atoms with Crippen molar-refractivity contribution in [2.45, 2.75) is 34.6 Å². The van der Waals surface area contributed by atoms with Crippen LogP contribution in [0.5, 0.6) is 0 Å². The van der Waals surface area contributed by atoms with E-state index in [-0.39, 0.29) is 7.43 Å². The third-order valence-electron chi connectivity index (χ3n) is 1.70. The molecule has 0 aromatic carbocycles. The van der Waals surface area contributed by atoms with E-state index < -0.39 is 0 Å². The lowest BCUT2D eigenvalue weighted by atomic mass is 10.2. The van der Waals surface area contributed by atoms with E-state index in [2.05, 4.69) is 11.6 Å². The fourth-order valence-electron chi connectivity index (χ4n) is 0.849. The first kappa shape index (κ1) is 13.8. The summed E-state index contributed by atoms with van der Waals surface area (Å²) in [5.41, 5.74) is 1.17. The summed E-state index contributed by atoms with van der Waals surface area (Å²) in [6.07, 6.45) is 1.01. The standard InChI is InChI=1S/C7H12N2.C2H6.CH4/c1-6-4-5-8-7(2)9(6)3;1-2;/h1,4-5H2,2-3H3;1-2H3;1H4. The third-order valence-corrected chi connectivity index (χ3v) is 1.70. The summed E-state index contributed by atoms with van der Waals surface area (Å²) in [7, 11) is 2.00. The molecule has 0 saturated heterocycles. The van der Waals surface area contributed by atoms with Crippen molar-refractivity contribution in [3.05, 3.63) is 12.3 Å². The number of rotatable bonds is 0. The molecule has 1 rings (SSSR count). The molecule has 12 heavy (non-hydrogen) atoms. The van der Waals surface area contributed by atoms with Crippen LogP contribution in [0.3, 0.4) is 0 Å². The van der Waals surface area contributed by atoms with Crippen LogP contribution < -0.4 is 0 Å². The van der Waals surface area contributed by atoms with Crippen LogP contribution in [0.2, 0.25) is 0 Å². The second-order valence-corrected chi connectivity index (χ2v) is 2.30. The molecule has 1 aliphatic rings. The Morgan fingerprint density at radius 1 is 1.42 bits per heavy atom. The predicted molar refractivity (Wildman–Crippen MR) is 57.6 cm³/mol. The Kier molecular flexibility index (Phi) is 7.91. The van der Waals surface area contributed by atoms with Gasteiger partial charge in [0.1, 0.15) is 0 Å². The van der Waals surface area contributed by atoms with Crippen molar-refractivity contribution < 1.29 is 0 Å². The van der Waals surface area contributed by atoms with Crippen LogP contribution in [0, 0.1) is 0 Å². The molecule has 0 fully saturated rings. The first-order valence-corrected chi connectivity index (χ1v) is 4.14. The molecule has 0 amide bonds. The zero-order valence-electron chi connectivity index (χ0n) is 8.02. The van der Waals surface area contributed by atoms with Crippen molar-refractivity contribution in [1.82, 2.24) is 4.90 Å². The van der Waals surface area contributed by atoms with Gasteiger partial charge in [0, 0.05) is 25.7 Å². The van der Waals surface area contributed by atoms with Gasteiger partial charge < -0.3 is 4.90 Å². The molecule has 0 aliphatic carbocycles. The van der Waals surface area contributed by atoms with Gasteiger partial charge in [0.25, 0.3) is 0 Å². The Morgan fingerprint density at radius 2 is 1.92 bits per heavy atom. The van der Waals surface area contributed by atoms with Crippen LogP contribution in [0.4, 0.5) is 0 Å². The summed E-state index contributed by atoms with van der Waals surface area (Å²) in [5.74, 6) is 1.08. The summed E-state index contributed by atoms with van der Waals surface area (Å²) < 4.78 is 0. The second-order valence-electron chi connectivity index (χ2n) is 2.30. The molecule has 0 radical (unpaired) electrons. The fourth-order valence-corrected chi connectivity index (χ4v) is 0.849. The quantitative estimate of drug-likeness (QED) is 0.546. The number of amidine groups is 1. The van der Waals surface area contributed by atoms with E-state index in [1.165, 1.54) is 5.70 Å².